The van der Waals surface area contributed by atoms with E-state index >= 15 is 0 Å². The van der Waals surface area contributed by atoms with Crippen LogP contribution in [0.5, 0.6) is 0 Å². The first-order valence-corrected chi connectivity index (χ1v) is 9.23. The van der Waals surface area contributed by atoms with Crippen LogP contribution in [0.1, 0.15) is 24.4 Å². The number of benzene rings is 1. The molecule has 3 fully saturated rings. The van der Waals surface area contributed by atoms with E-state index in [2.05, 4.69) is 15.2 Å². The Hall–Kier alpha value is -2.44. The third-order valence-corrected chi connectivity index (χ3v) is 5.77. The Morgan fingerprint density at radius 1 is 1.15 bits per heavy atom. The number of piperidine rings is 3. The van der Waals surface area contributed by atoms with Gasteiger partial charge in [0.15, 0.2) is 5.76 Å². The van der Waals surface area contributed by atoms with E-state index in [4.69, 9.17) is 4.42 Å². The van der Waals surface area contributed by atoms with Crippen molar-refractivity contribution < 1.29 is 9.52 Å². The van der Waals surface area contributed by atoms with Crippen molar-refractivity contribution in [2.75, 3.05) is 19.6 Å². The Balaban J connectivity index is 1.39. The molecule has 2 aromatic heterocycles. The van der Waals surface area contributed by atoms with Gasteiger partial charge in [-0.2, -0.15) is 0 Å². The number of rotatable bonds is 4. The first kappa shape index (κ1) is 15.8. The first-order chi connectivity index (χ1) is 12.8. The highest BCUT2D eigenvalue weighted by Crippen LogP contribution is 2.36. The molecule has 0 saturated carbocycles. The Morgan fingerprint density at radius 3 is 2.81 bits per heavy atom. The Morgan fingerprint density at radius 2 is 2.04 bits per heavy atom. The minimum absolute atomic E-state index is 0.0342. The summed E-state index contributed by atoms with van der Waals surface area (Å²) in [7, 11) is 0. The predicted molar refractivity (Wildman–Crippen MR) is 97.3 cm³/mol. The fourth-order valence-corrected chi connectivity index (χ4v) is 4.26. The van der Waals surface area contributed by atoms with Crippen LogP contribution in [0.15, 0.2) is 47.2 Å². The summed E-state index contributed by atoms with van der Waals surface area (Å²) in [6, 6.07) is 10.2. The zero-order valence-electron chi connectivity index (χ0n) is 14.6. The molecule has 26 heavy (non-hydrogen) atoms. The lowest BCUT2D eigenvalue weighted by Gasteiger charge is -2.44. The number of hydrogen-bond donors (Lipinski definition) is 1. The third kappa shape index (κ3) is 2.75. The minimum Gasteiger partial charge on any atom is -0.462 e. The number of aliphatic hydroxyl groups excluding tert-OH is 1. The van der Waals surface area contributed by atoms with Crippen molar-refractivity contribution in [1.29, 1.82) is 0 Å². The zero-order valence-corrected chi connectivity index (χ0v) is 14.6. The molecule has 3 aromatic rings. The van der Waals surface area contributed by atoms with Crippen LogP contribution in [0.3, 0.4) is 0 Å². The predicted octanol–water partition coefficient (Wildman–Crippen LogP) is 2.96. The van der Waals surface area contributed by atoms with Crippen LogP contribution in [-0.2, 0) is 6.61 Å². The minimum atomic E-state index is 0.0342. The van der Waals surface area contributed by atoms with E-state index in [1.165, 1.54) is 25.9 Å². The van der Waals surface area contributed by atoms with E-state index in [0.29, 0.717) is 12.0 Å². The number of aliphatic hydroxyl groups is 1. The van der Waals surface area contributed by atoms with Gasteiger partial charge in [-0.05, 0) is 55.1 Å². The molecule has 3 aliphatic rings. The number of furan rings is 1. The normalized spacial score (nSPS) is 24.9. The topological polar surface area (TPSA) is 67.3 Å². The molecule has 1 atom stereocenters. The van der Waals surface area contributed by atoms with Gasteiger partial charge in [0.2, 0.25) is 0 Å². The average Bonchev–Trinajstić information content (AvgIpc) is 3.38. The summed E-state index contributed by atoms with van der Waals surface area (Å²) in [5.41, 5.74) is 3.66. The second kappa shape index (κ2) is 6.37. The summed E-state index contributed by atoms with van der Waals surface area (Å²) in [5.74, 6) is 1.44. The lowest BCUT2D eigenvalue weighted by atomic mass is 9.84. The van der Waals surface area contributed by atoms with Crippen LogP contribution in [0.4, 0.5) is 0 Å². The quantitative estimate of drug-likeness (QED) is 0.783. The highest BCUT2D eigenvalue weighted by molar-refractivity contribution is 5.68. The van der Waals surface area contributed by atoms with Gasteiger partial charge in [-0.3, -0.25) is 0 Å². The second-order valence-corrected chi connectivity index (χ2v) is 7.35. The monoisotopic (exact) mass is 350 g/mol. The highest BCUT2D eigenvalue weighted by atomic mass is 16.3. The fraction of sp³-hybridized carbons (Fsp3) is 0.400. The molecule has 3 aliphatic heterocycles. The molecule has 0 unspecified atom stereocenters. The lowest BCUT2D eigenvalue weighted by molar-refractivity contribution is 0.0504. The van der Waals surface area contributed by atoms with Crippen molar-refractivity contribution in [2.24, 2.45) is 5.92 Å². The molecule has 0 radical (unpaired) electrons. The van der Waals surface area contributed by atoms with Crippen LogP contribution < -0.4 is 0 Å². The van der Waals surface area contributed by atoms with E-state index in [9.17, 15) is 5.11 Å². The van der Waals surface area contributed by atoms with Crippen molar-refractivity contribution >= 4 is 0 Å². The van der Waals surface area contributed by atoms with Crippen molar-refractivity contribution in [1.82, 2.24) is 19.9 Å². The van der Waals surface area contributed by atoms with Gasteiger partial charge < -0.3 is 14.4 Å². The van der Waals surface area contributed by atoms with Gasteiger partial charge in [0.1, 0.15) is 5.69 Å². The molecule has 0 spiro atoms. The summed E-state index contributed by atoms with van der Waals surface area (Å²) in [6.45, 7) is 3.55. The smallest absolute Gasteiger partial charge is 0.156 e. The van der Waals surface area contributed by atoms with Crippen LogP contribution in [-0.4, -0.2) is 44.6 Å². The summed E-state index contributed by atoms with van der Waals surface area (Å²) >= 11 is 0. The van der Waals surface area contributed by atoms with Crippen LogP contribution in [0.2, 0.25) is 0 Å². The van der Waals surface area contributed by atoms with Gasteiger partial charge in [-0.1, -0.05) is 23.4 Å². The average molecular weight is 350 g/mol. The van der Waals surface area contributed by atoms with E-state index in [1.54, 1.807) is 6.26 Å². The summed E-state index contributed by atoms with van der Waals surface area (Å²) in [5, 5.41) is 18.1. The van der Waals surface area contributed by atoms with Gasteiger partial charge in [0.05, 0.1) is 25.1 Å². The van der Waals surface area contributed by atoms with E-state index in [0.717, 1.165) is 34.7 Å². The van der Waals surface area contributed by atoms with Gasteiger partial charge in [0.25, 0.3) is 0 Å². The standard InChI is InChI=1S/C20H22N4O2/c25-12-14-2-1-3-16(8-14)17-9-20(26-13-17)18-10-24(22-21-18)19-11-23-6-4-15(19)5-7-23/h1-3,8-10,13,15,19,25H,4-7,11-12H2/t19-/m0/s1. The van der Waals surface area contributed by atoms with Crippen molar-refractivity contribution in [3.63, 3.8) is 0 Å². The van der Waals surface area contributed by atoms with Crippen molar-refractivity contribution in [2.45, 2.75) is 25.5 Å². The lowest BCUT2D eigenvalue weighted by Crippen LogP contribution is -2.48. The molecule has 0 amide bonds. The fourth-order valence-electron chi connectivity index (χ4n) is 4.26. The number of hydrogen-bond acceptors (Lipinski definition) is 5. The first-order valence-electron chi connectivity index (χ1n) is 9.23. The molecule has 6 rings (SSSR count). The van der Waals surface area contributed by atoms with Crippen LogP contribution >= 0.6 is 0 Å². The molecule has 1 aromatic carbocycles. The van der Waals surface area contributed by atoms with Gasteiger partial charge >= 0.3 is 0 Å². The number of fused-ring (bicyclic) bond motifs is 3. The third-order valence-electron chi connectivity index (χ3n) is 5.77. The van der Waals surface area contributed by atoms with E-state index < -0.39 is 0 Å². The number of aromatic nitrogens is 3. The Labute approximate surface area is 152 Å². The molecule has 6 nitrogen and oxygen atoms in total. The molecule has 1 N–H and O–H groups in total. The Bertz CT molecular complexity index is 908. The van der Waals surface area contributed by atoms with Gasteiger partial charge in [-0.15, -0.1) is 5.10 Å². The maximum absolute atomic E-state index is 9.32. The SMILES string of the molecule is OCc1cccc(-c2coc(-c3cn([C@H]4CN5CCC4CC5)nn3)c2)c1. The van der Waals surface area contributed by atoms with Gasteiger partial charge in [-0.25, -0.2) is 4.68 Å². The summed E-state index contributed by atoms with van der Waals surface area (Å²) in [4.78, 5) is 2.52. The molecule has 134 valence electrons. The Kier molecular flexibility index (Phi) is 3.87. The molecule has 5 heterocycles. The maximum atomic E-state index is 9.32. The number of nitrogens with zero attached hydrogens (tertiary/aromatic N) is 4. The van der Waals surface area contributed by atoms with E-state index in [1.807, 2.05) is 41.2 Å². The molecule has 2 bridgehead atoms. The van der Waals surface area contributed by atoms with E-state index in [-0.39, 0.29) is 6.61 Å². The highest BCUT2D eigenvalue weighted by Gasteiger charge is 2.35. The zero-order chi connectivity index (χ0) is 17.5. The summed E-state index contributed by atoms with van der Waals surface area (Å²) < 4.78 is 7.78. The molecular weight excluding hydrogens is 328 g/mol. The molecule has 3 saturated heterocycles. The maximum Gasteiger partial charge on any atom is 0.156 e. The molecule has 0 aliphatic carbocycles. The van der Waals surface area contributed by atoms with Crippen LogP contribution in [0, 0.1) is 5.92 Å². The van der Waals surface area contributed by atoms with Crippen molar-refractivity contribution in [3.05, 3.63) is 48.4 Å². The van der Waals surface area contributed by atoms with Gasteiger partial charge in [0, 0.05) is 12.1 Å². The summed E-state index contributed by atoms with van der Waals surface area (Å²) in [6.07, 6.45) is 6.26. The van der Waals surface area contributed by atoms with Crippen molar-refractivity contribution in [3.8, 4) is 22.6 Å². The molecule has 6 heteroatoms. The second-order valence-electron chi connectivity index (χ2n) is 7.35. The van der Waals surface area contributed by atoms with Crippen LogP contribution in [0.25, 0.3) is 22.6 Å². The largest absolute Gasteiger partial charge is 0.462 e. The molecular formula is C20H22N4O2.